The van der Waals surface area contributed by atoms with E-state index in [2.05, 4.69) is 22.8 Å². The second-order valence-electron chi connectivity index (χ2n) is 7.21. The van der Waals surface area contributed by atoms with E-state index in [0.717, 1.165) is 29.1 Å². The maximum atomic E-state index is 13.2. The van der Waals surface area contributed by atoms with Gasteiger partial charge < -0.3 is 10.6 Å². The van der Waals surface area contributed by atoms with Crippen LogP contribution in [-0.4, -0.2) is 41.6 Å². The van der Waals surface area contributed by atoms with Gasteiger partial charge >= 0.3 is 6.03 Å². The average molecular weight is 426 g/mol. The van der Waals surface area contributed by atoms with E-state index in [1.54, 1.807) is 11.8 Å². The number of carbonyl (C=O) groups is 3. The van der Waals surface area contributed by atoms with Gasteiger partial charge in [0.15, 0.2) is 0 Å². The van der Waals surface area contributed by atoms with Crippen LogP contribution >= 0.6 is 11.8 Å². The Morgan fingerprint density at radius 1 is 1.07 bits per heavy atom. The molecule has 2 aromatic rings. The summed E-state index contributed by atoms with van der Waals surface area (Å²) in [4.78, 5) is 40.2. The highest BCUT2D eigenvalue weighted by Gasteiger charge is 2.52. The van der Waals surface area contributed by atoms with Gasteiger partial charge in [-0.05, 0) is 36.3 Å². The van der Waals surface area contributed by atoms with Crippen LogP contribution in [-0.2, 0) is 15.1 Å². The smallest absolute Gasteiger partial charge is 0.325 e. The van der Waals surface area contributed by atoms with Gasteiger partial charge in [0, 0.05) is 11.4 Å². The van der Waals surface area contributed by atoms with Crippen LogP contribution in [0.5, 0.6) is 0 Å². The third-order valence-electron chi connectivity index (χ3n) is 5.02. The topological polar surface area (TPSA) is 78.5 Å². The Morgan fingerprint density at radius 2 is 1.73 bits per heavy atom. The van der Waals surface area contributed by atoms with Crippen molar-refractivity contribution in [3.8, 4) is 0 Å². The minimum Gasteiger partial charge on any atom is -0.355 e. The largest absolute Gasteiger partial charge is 0.355 e. The second-order valence-corrected chi connectivity index (χ2v) is 8.38. The summed E-state index contributed by atoms with van der Waals surface area (Å²) in [5.41, 5.74) is -0.356. The number of benzene rings is 2. The normalized spacial score (nSPS) is 18.4. The number of urea groups is 1. The molecule has 0 radical (unpaired) electrons. The molecule has 0 bridgehead atoms. The molecule has 1 fully saturated rings. The standard InChI is InChI=1S/C23H27N3O3S/c1-2-14-23(18-10-5-3-6-11-18)21(28)26(22(29)25-23)17-20(27)24-15-9-16-30-19-12-7-4-8-13-19/h3-8,10-13H,2,9,14-17H2,1H3,(H,24,27)(H,25,29)/t23-/m1/s1. The Balaban J connectivity index is 1.52. The summed E-state index contributed by atoms with van der Waals surface area (Å²) in [7, 11) is 0. The summed E-state index contributed by atoms with van der Waals surface area (Å²) >= 11 is 1.73. The van der Waals surface area contributed by atoms with E-state index in [9.17, 15) is 14.4 Å². The number of rotatable bonds is 10. The van der Waals surface area contributed by atoms with E-state index >= 15 is 0 Å². The van der Waals surface area contributed by atoms with Crippen LogP contribution in [0.1, 0.15) is 31.7 Å². The second kappa shape index (κ2) is 10.3. The van der Waals surface area contributed by atoms with E-state index < -0.39 is 11.6 Å². The van der Waals surface area contributed by atoms with Gasteiger partial charge in [-0.25, -0.2) is 4.79 Å². The van der Waals surface area contributed by atoms with Crippen LogP contribution in [0, 0.1) is 0 Å². The van der Waals surface area contributed by atoms with Crippen molar-refractivity contribution in [2.75, 3.05) is 18.8 Å². The molecule has 1 saturated heterocycles. The summed E-state index contributed by atoms with van der Waals surface area (Å²) in [6.45, 7) is 2.20. The molecular weight excluding hydrogens is 398 g/mol. The molecule has 0 aliphatic carbocycles. The van der Waals surface area contributed by atoms with Gasteiger partial charge in [0.1, 0.15) is 12.1 Å². The predicted octanol–water partition coefficient (Wildman–Crippen LogP) is 3.53. The molecule has 1 atom stereocenters. The van der Waals surface area contributed by atoms with Crippen molar-refractivity contribution in [1.82, 2.24) is 15.5 Å². The molecule has 3 rings (SSSR count). The first-order chi connectivity index (χ1) is 14.6. The van der Waals surface area contributed by atoms with E-state index in [1.165, 1.54) is 4.90 Å². The number of nitrogens with one attached hydrogen (secondary N) is 2. The zero-order chi connectivity index (χ0) is 21.4. The van der Waals surface area contributed by atoms with Crippen molar-refractivity contribution in [2.24, 2.45) is 0 Å². The zero-order valence-electron chi connectivity index (χ0n) is 17.1. The van der Waals surface area contributed by atoms with Gasteiger partial charge in [-0.1, -0.05) is 61.9 Å². The van der Waals surface area contributed by atoms with Crippen molar-refractivity contribution in [1.29, 1.82) is 0 Å². The number of imide groups is 1. The zero-order valence-corrected chi connectivity index (χ0v) is 17.9. The molecule has 158 valence electrons. The van der Waals surface area contributed by atoms with Crippen LogP contribution in [0.3, 0.4) is 0 Å². The lowest BCUT2D eigenvalue weighted by atomic mass is 9.85. The molecule has 7 heteroatoms. The van der Waals surface area contributed by atoms with Crippen molar-refractivity contribution in [3.05, 3.63) is 66.2 Å². The van der Waals surface area contributed by atoms with Crippen LogP contribution < -0.4 is 10.6 Å². The summed E-state index contributed by atoms with van der Waals surface area (Å²) in [5, 5.41) is 5.65. The molecule has 0 aromatic heterocycles. The molecule has 30 heavy (non-hydrogen) atoms. The SMILES string of the molecule is CCC[C@]1(c2ccccc2)NC(=O)N(CC(=O)NCCCSc2ccccc2)C1=O. The third-order valence-corrected chi connectivity index (χ3v) is 6.12. The summed E-state index contributed by atoms with van der Waals surface area (Å²) < 4.78 is 0. The van der Waals surface area contributed by atoms with Gasteiger partial charge in [0.2, 0.25) is 5.91 Å². The molecular formula is C23H27N3O3S. The molecule has 0 saturated carbocycles. The molecule has 2 N–H and O–H groups in total. The number of hydrogen-bond donors (Lipinski definition) is 2. The van der Waals surface area contributed by atoms with Gasteiger partial charge in [0.25, 0.3) is 5.91 Å². The number of hydrogen-bond acceptors (Lipinski definition) is 4. The summed E-state index contributed by atoms with van der Waals surface area (Å²) in [6.07, 6.45) is 2.01. The van der Waals surface area contributed by atoms with Crippen molar-refractivity contribution in [2.45, 2.75) is 36.6 Å². The van der Waals surface area contributed by atoms with Crippen LogP contribution in [0.15, 0.2) is 65.6 Å². The van der Waals surface area contributed by atoms with E-state index in [4.69, 9.17) is 0 Å². The molecule has 1 aliphatic heterocycles. The quantitative estimate of drug-likeness (QED) is 0.347. The minimum absolute atomic E-state index is 0.269. The van der Waals surface area contributed by atoms with Crippen LogP contribution in [0.25, 0.3) is 0 Å². The number of nitrogens with zero attached hydrogens (tertiary/aromatic N) is 1. The van der Waals surface area contributed by atoms with Gasteiger partial charge in [-0.3, -0.25) is 14.5 Å². The van der Waals surface area contributed by atoms with E-state index in [-0.39, 0.29) is 18.4 Å². The Hall–Kier alpha value is -2.80. The fourth-order valence-electron chi connectivity index (χ4n) is 3.58. The Labute approximate surface area is 181 Å². The summed E-state index contributed by atoms with van der Waals surface area (Å²) in [5.74, 6) is 0.181. The van der Waals surface area contributed by atoms with Gasteiger partial charge in [-0.2, -0.15) is 0 Å². The Morgan fingerprint density at radius 3 is 2.40 bits per heavy atom. The molecule has 0 unspecified atom stereocenters. The molecule has 6 nitrogen and oxygen atoms in total. The first-order valence-corrected chi connectivity index (χ1v) is 11.2. The first kappa shape index (κ1) is 21.9. The van der Waals surface area contributed by atoms with Gasteiger partial charge in [-0.15, -0.1) is 11.8 Å². The maximum absolute atomic E-state index is 13.2. The fraction of sp³-hybridized carbons (Fsp3) is 0.348. The molecule has 1 aliphatic rings. The first-order valence-electron chi connectivity index (χ1n) is 10.2. The lowest BCUT2D eigenvalue weighted by Gasteiger charge is -2.26. The van der Waals surface area contributed by atoms with Crippen molar-refractivity contribution in [3.63, 3.8) is 0 Å². The highest BCUT2D eigenvalue weighted by atomic mass is 32.2. The molecule has 4 amide bonds. The van der Waals surface area contributed by atoms with Crippen molar-refractivity contribution >= 4 is 29.6 Å². The monoisotopic (exact) mass is 425 g/mol. The number of thioether (sulfide) groups is 1. The van der Waals surface area contributed by atoms with Crippen LogP contribution in [0.4, 0.5) is 4.79 Å². The molecule has 2 aromatic carbocycles. The highest BCUT2D eigenvalue weighted by molar-refractivity contribution is 7.99. The van der Waals surface area contributed by atoms with E-state index in [0.29, 0.717) is 13.0 Å². The minimum atomic E-state index is -1.10. The lowest BCUT2D eigenvalue weighted by molar-refractivity contribution is -0.135. The number of amides is 4. The average Bonchev–Trinajstić information content (AvgIpc) is 3.00. The van der Waals surface area contributed by atoms with E-state index in [1.807, 2.05) is 55.5 Å². The van der Waals surface area contributed by atoms with Crippen LogP contribution in [0.2, 0.25) is 0 Å². The number of carbonyl (C=O) groups excluding carboxylic acids is 3. The Kier molecular flexibility index (Phi) is 7.52. The lowest BCUT2D eigenvalue weighted by Crippen LogP contribution is -2.45. The predicted molar refractivity (Wildman–Crippen MR) is 118 cm³/mol. The van der Waals surface area contributed by atoms with Crippen molar-refractivity contribution < 1.29 is 14.4 Å². The molecule has 1 heterocycles. The Bertz CT molecular complexity index is 876. The third kappa shape index (κ3) is 5.02. The highest BCUT2D eigenvalue weighted by Crippen LogP contribution is 2.33. The summed E-state index contributed by atoms with van der Waals surface area (Å²) in [6, 6.07) is 18.8. The molecule has 0 spiro atoms. The fourth-order valence-corrected chi connectivity index (χ4v) is 4.46. The maximum Gasteiger partial charge on any atom is 0.325 e. The van der Waals surface area contributed by atoms with Gasteiger partial charge in [0.05, 0.1) is 0 Å².